The highest BCUT2D eigenvalue weighted by molar-refractivity contribution is 14.0. The molecule has 2 rings (SSSR count). The van der Waals surface area contributed by atoms with Crippen LogP contribution in [0.15, 0.2) is 35.3 Å². The van der Waals surface area contributed by atoms with E-state index in [9.17, 15) is 0 Å². The van der Waals surface area contributed by atoms with Crippen molar-refractivity contribution in [3.05, 3.63) is 30.3 Å². The van der Waals surface area contributed by atoms with E-state index in [1.807, 2.05) is 6.07 Å². The van der Waals surface area contributed by atoms with E-state index in [2.05, 4.69) is 65.9 Å². The van der Waals surface area contributed by atoms with Crippen LogP contribution in [0.4, 0.5) is 5.69 Å². The molecule has 160 valence electrons. The molecule has 1 unspecified atom stereocenters. The van der Waals surface area contributed by atoms with Crippen molar-refractivity contribution in [2.75, 3.05) is 57.8 Å². The molecule has 0 spiro atoms. The van der Waals surface area contributed by atoms with E-state index in [-0.39, 0.29) is 24.0 Å². The Bertz CT molecular complexity index is 535. The van der Waals surface area contributed by atoms with Gasteiger partial charge in [0.15, 0.2) is 5.96 Å². The van der Waals surface area contributed by atoms with Crippen molar-refractivity contribution in [2.45, 2.75) is 33.2 Å². The van der Waals surface area contributed by atoms with Gasteiger partial charge in [0.25, 0.3) is 0 Å². The number of aliphatic imine (C=N–C) groups is 1. The number of nitrogens with zero attached hydrogens (tertiary/aromatic N) is 2. The number of hydrogen-bond acceptors (Lipinski definition) is 4. The van der Waals surface area contributed by atoms with Gasteiger partial charge in [-0.1, -0.05) is 32.0 Å². The number of ether oxygens (including phenoxy) is 1. The number of guanidine groups is 1. The summed E-state index contributed by atoms with van der Waals surface area (Å²) in [5.41, 5.74) is 1.17. The van der Waals surface area contributed by atoms with Crippen LogP contribution >= 0.6 is 24.0 Å². The summed E-state index contributed by atoms with van der Waals surface area (Å²) in [6.07, 6.45) is 1.04. The molecule has 1 aromatic rings. The van der Waals surface area contributed by atoms with Crippen molar-refractivity contribution >= 4 is 35.6 Å². The molecule has 7 heteroatoms. The molecule has 0 aliphatic carbocycles. The normalized spacial score (nSPS) is 16.4. The maximum absolute atomic E-state index is 5.49. The number of anilines is 1. The molecule has 3 N–H and O–H groups in total. The second-order valence-electron chi connectivity index (χ2n) is 7.25. The Labute approximate surface area is 187 Å². The average Bonchev–Trinajstić information content (AvgIpc) is 2.69. The standard InChI is InChI=1S/C21H37N5O.HI/c1-4-22-21(24-12-8-11-23-19-9-6-5-7-10-19)25-17-20(18(2)3)26-13-15-27-16-14-26;/h5-7,9-10,18,20,23H,4,8,11-17H2,1-3H3,(H2,22,24,25);1H. The second kappa shape index (κ2) is 14.9. The Morgan fingerprint density at radius 3 is 2.46 bits per heavy atom. The summed E-state index contributed by atoms with van der Waals surface area (Å²) in [4.78, 5) is 7.38. The van der Waals surface area contributed by atoms with Crippen molar-refractivity contribution in [3.63, 3.8) is 0 Å². The molecular formula is C21H38IN5O. The van der Waals surface area contributed by atoms with Crippen LogP contribution in [0.5, 0.6) is 0 Å². The van der Waals surface area contributed by atoms with E-state index in [0.717, 1.165) is 64.9 Å². The highest BCUT2D eigenvalue weighted by Gasteiger charge is 2.23. The molecule has 0 aromatic heterocycles. The first-order valence-corrected chi connectivity index (χ1v) is 10.3. The second-order valence-corrected chi connectivity index (χ2v) is 7.25. The van der Waals surface area contributed by atoms with Gasteiger partial charge in [-0.05, 0) is 31.4 Å². The fraction of sp³-hybridized carbons (Fsp3) is 0.667. The quantitative estimate of drug-likeness (QED) is 0.198. The predicted molar refractivity (Wildman–Crippen MR) is 130 cm³/mol. The van der Waals surface area contributed by atoms with Crippen molar-refractivity contribution in [3.8, 4) is 0 Å². The molecule has 1 aromatic carbocycles. The molecule has 0 bridgehead atoms. The molecule has 0 radical (unpaired) electrons. The smallest absolute Gasteiger partial charge is 0.191 e. The third-order valence-electron chi connectivity index (χ3n) is 4.81. The largest absolute Gasteiger partial charge is 0.385 e. The van der Waals surface area contributed by atoms with Gasteiger partial charge in [0.1, 0.15) is 0 Å². The number of morpholine rings is 1. The van der Waals surface area contributed by atoms with Gasteiger partial charge in [-0.2, -0.15) is 0 Å². The Balaban J connectivity index is 0.00000392. The average molecular weight is 503 g/mol. The third kappa shape index (κ3) is 9.43. The highest BCUT2D eigenvalue weighted by atomic mass is 127. The number of nitrogens with one attached hydrogen (secondary N) is 3. The number of para-hydroxylation sites is 1. The van der Waals surface area contributed by atoms with Gasteiger partial charge in [0.05, 0.1) is 19.8 Å². The Hall–Kier alpha value is -1.06. The fourth-order valence-electron chi connectivity index (χ4n) is 3.27. The van der Waals surface area contributed by atoms with Crippen molar-refractivity contribution in [2.24, 2.45) is 10.9 Å². The summed E-state index contributed by atoms with van der Waals surface area (Å²) in [5, 5.41) is 10.3. The third-order valence-corrected chi connectivity index (χ3v) is 4.81. The Kier molecular flexibility index (Phi) is 13.3. The predicted octanol–water partition coefficient (Wildman–Crippen LogP) is 3.02. The summed E-state index contributed by atoms with van der Waals surface area (Å²) in [6.45, 7) is 13.9. The summed E-state index contributed by atoms with van der Waals surface area (Å²) >= 11 is 0. The first-order chi connectivity index (χ1) is 13.2. The van der Waals surface area contributed by atoms with E-state index < -0.39 is 0 Å². The van der Waals surface area contributed by atoms with Crippen LogP contribution in [0.2, 0.25) is 0 Å². The lowest BCUT2D eigenvalue weighted by atomic mass is 10.0. The van der Waals surface area contributed by atoms with E-state index in [1.165, 1.54) is 5.69 Å². The molecule has 1 atom stereocenters. The maximum Gasteiger partial charge on any atom is 0.191 e. The zero-order valence-electron chi connectivity index (χ0n) is 17.6. The molecular weight excluding hydrogens is 465 g/mol. The van der Waals surface area contributed by atoms with Crippen LogP contribution in [0.25, 0.3) is 0 Å². The van der Waals surface area contributed by atoms with Crippen molar-refractivity contribution in [1.29, 1.82) is 0 Å². The van der Waals surface area contributed by atoms with Crippen molar-refractivity contribution in [1.82, 2.24) is 15.5 Å². The lowest BCUT2D eigenvalue weighted by molar-refractivity contribution is 0.00867. The molecule has 28 heavy (non-hydrogen) atoms. The zero-order valence-corrected chi connectivity index (χ0v) is 19.9. The first-order valence-electron chi connectivity index (χ1n) is 10.3. The minimum absolute atomic E-state index is 0. The summed E-state index contributed by atoms with van der Waals surface area (Å²) in [5.74, 6) is 1.49. The molecule has 0 amide bonds. The fourth-order valence-corrected chi connectivity index (χ4v) is 3.27. The SMILES string of the molecule is CCNC(=NCC(C(C)C)N1CCOCC1)NCCCNc1ccccc1.I. The number of hydrogen-bond donors (Lipinski definition) is 3. The van der Waals surface area contributed by atoms with E-state index in [1.54, 1.807) is 0 Å². The summed E-state index contributed by atoms with van der Waals surface area (Å²) in [6, 6.07) is 10.8. The van der Waals surface area contributed by atoms with E-state index in [4.69, 9.17) is 9.73 Å². The molecule has 0 saturated carbocycles. The van der Waals surface area contributed by atoms with Gasteiger partial charge >= 0.3 is 0 Å². The van der Waals surface area contributed by atoms with Gasteiger partial charge in [-0.15, -0.1) is 24.0 Å². The first kappa shape index (κ1) is 25.0. The van der Waals surface area contributed by atoms with Crippen LogP contribution in [0.1, 0.15) is 27.2 Å². The Morgan fingerprint density at radius 2 is 1.82 bits per heavy atom. The molecule has 1 heterocycles. The monoisotopic (exact) mass is 503 g/mol. The van der Waals surface area contributed by atoms with Gasteiger partial charge in [-0.25, -0.2) is 0 Å². The lowest BCUT2D eigenvalue weighted by Gasteiger charge is -2.36. The minimum Gasteiger partial charge on any atom is -0.385 e. The summed E-state index contributed by atoms with van der Waals surface area (Å²) < 4.78 is 5.49. The highest BCUT2D eigenvalue weighted by Crippen LogP contribution is 2.13. The van der Waals surface area contributed by atoms with Crippen LogP contribution < -0.4 is 16.0 Å². The zero-order chi connectivity index (χ0) is 19.3. The summed E-state index contributed by atoms with van der Waals surface area (Å²) in [7, 11) is 0. The molecule has 1 saturated heterocycles. The number of halogens is 1. The van der Waals surface area contributed by atoms with Gasteiger partial charge in [-0.3, -0.25) is 9.89 Å². The van der Waals surface area contributed by atoms with Crippen LogP contribution in [-0.2, 0) is 4.74 Å². The molecule has 1 aliphatic heterocycles. The van der Waals surface area contributed by atoms with Crippen molar-refractivity contribution < 1.29 is 4.74 Å². The van der Waals surface area contributed by atoms with Gasteiger partial charge in [0, 0.05) is 44.5 Å². The molecule has 6 nitrogen and oxygen atoms in total. The van der Waals surface area contributed by atoms with Gasteiger partial charge < -0.3 is 20.7 Å². The lowest BCUT2D eigenvalue weighted by Crippen LogP contribution is -2.48. The number of rotatable bonds is 10. The van der Waals surface area contributed by atoms with Gasteiger partial charge in [0.2, 0.25) is 0 Å². The minimum atomic E-state index is 0. The molecule has 1 fully saturated rings. The van der Waals surface area contributed by atoms with E-state index >= 15 is 0 Å². The number of benzene rings is 1. The maximum atomic E-state index is 5.49. The molecule has 1 aliphatic rings. The van der Waals surface area contributed by atoms with E-state index in [0.29, 0.717) is 12.0 Å². The van der Waals surface area contributed by atoms with Crippen LogP contribution in [-0.4, -0.2) is 69.4 Å². The van der Waals surface area contributed by atoms with Crippen LogP contribution in [0.3, 0.4) is 0 Å². The topological polar surface area (TPSA) is 60.9 Å². The van der Waals surface area contributed by atoms with Crippen LogP contribution in [0, 0.1) is 5.92 Å². The Morgan fingerprint density at radius 1 is 1.11 bits per heavy atom.